The van der Waals surface area contributed by atoms with Crippen LogP contribution in [0.3, 0.4) is 0 Å². The predicted molar refractivity (Wildman–Crippen MR) is 72.2 cm³/mol. The fraction of sp³-hybridized carbons (Fsp3) is 0.833. The molecule has 3 N–H and O–H groups in total. The Labute approximate surface area is 114 Å². The summed E-state index contributed by atoms with van der Waals surface area (Å²) in [4.78, 5) is 24.1. The van der Waals surface area contributed by atoms with Gasteiger partial charge in [-0.15, -0.1) is 0 Å². The molecule has 0 fully saturated rings. The molecule has 0 aromatic rings. The second-order valence-corrected chi connectivity index (χ2v) is 4.40. The van der Waals surface area contributed by atoms with E-state index in [0.29, 0.717) is 26.1 Å². The van der Waals surface area contributed by atoms with Crippen LogP contribution in [0.2, 0.25) is 0 Å². The smallest absolute Gasteiger partial charge is 0.315 e. The van der Waals surface area contributed by atoms with Gasteiger partial charge < -0.3 is 25.4 Å². The Kier molecular flexibility index (Phi) is 9.82. The van der Waals surface area contributed by atoms with E-state index in [2.05, 4.69) is 10.6 Å². The average molecular weight is 275 g/mol. The molecule has 19 heavy (non-hydrogen) atoms. The molecule has 0 aliphatic rings. The van der Waals surface area contributed by atoms with Crippen LogP contribution in [-0.2, 0) is 9.53 Å². The molecule has 0 aromatic carbocycles. The van der Waals surface area contributed by atoms with Crippen molar-refractivity contribution in [3.63, 3.8) is 0 Å². The molecule has 7 nitrogen and oxygen atoms in total. The van der Waals surface area contributed by atoms with E-state index in [1.54, 1.807) is 7.11 Å². The number of likely N-dealkylation sites (N-methyl/N-ethyl adjacent to an activating group) is 1. The molecule has 0 bridgehead atoms. The van der Waals surface area contributed by atoms with Crippen molar-refractivity contribution in [2.75, 3.05) is 40.4 Å². The average Bonchev–Trinajstić information content (AvgIpc) is 2.34. The number of ether oxygens (including phenoxy) is 1. The first-order valence-corrected chi connectivity index (χ1v) is 6.43. The Morgan fingerprint density at radius 2 is 2.05 bits per heavy atom. The van der Waals surface area contributed by atoms with Crippen LogP contribution >= 0.6 is 0 Å². The van der Waals surface area contributed by atoms with E-state index in [1.807, 2.05) is 18.9 Å². The highest BCUT2D eigenvalue weighted by atomic mass is 16.5. The molecule has 0 aromatic heterocycles. The van der Waals surface area contributed by atoms with Gasteiger partial charge in [0.1, 0.15) is 0 Å². The van der Waals surface area contributed by atoms with Crippen LogP contribution < -0.4 is 10.6 Å². The summed E-state index contributed by atoms with van der Waals surface area (Å²) in [6.45, 7) is 4.52. The van der Waals surface area contributed by atoms with Crippen molar-refractivity contribution in [2.45, 2.75) is 25.8 Å². The van der Waals surface area contributed by atoms with Gasteiger partial charge in [0, 0.05) is 32.8 Å². The fourth-order valence-electron chi connectivity index (χ4n) is 1.46. The third-order valence-corrected chi connectivity index (χ3v) is 2.71. The van der Waals surface area contributed by atoms with Crippen LogP contribution in [0, 0.1) is 0 Å². The Morgan fingerprint density at radius 3 is 2.58 bits per heavy atom. The van der Waals surface area contributed by atoms with Crippen LogP contribution in [0.4, 0.5) is 4.79 Å². The molecule has 112 valence electrons. The minimum atomic E-state index is -0.911. The summed E-state index contributed by atoms with van der Waals surface area (Å²) in [6, 6.07) is -0.656. The fourth-order valence-corrected chi connectivity index (χ4v) is 1.46. The highest BCUT2D eigenvalue weighted by Crippen LogP contribution is 1.96. The summed E-state index contributed by atoms with van der Waals surface area (Å²) in [5.41, 5.74) is 0. The van der Waals surface area contributed by atoms with E-state index < -0.39 is 5.97 Å². The van der Waals surface area contributed by atoms with Gasteiger partial charge in [-0.3, -0.25) is 4.79 Å². The van der Waals surface area contributed by atoms with Crippen LogP contribution in [0.25, 0.3) is 0 Å². The molecule has 7 heteroatoms. The van der Waals surface area contributed by atoms with Gasteiger partial charge in [-0.25, -0.2) is 4.79 Å². The number of hydrogen-bond donors (Lipinski definition) is 3. The summed E-state index contributed by atoms with van der Waals surface area (Å²) in [5.74, 6) is -0.911. The monoisotopic (exact) mass is 275 g/mol. The zero-order valence-electron chi connectivity index (χ0n) is 11.9. The quantitative estimate of drug-likeness (QED) is 0.527. The zero-order chi connectivity index (χ0) is 14.7. The van der Waals surface area contributed by atoms with E-state index >= 15 is 0 Å². The van der Waals surface area contributed by atoms with Crippen LogP contribution in [-0.4, -0.2) is 68.4 Å². The maximum Gasteiger partial charge on any atom is 0.315 e. The highest BCUT2D eigenvalue weighted by Gasteiger charge is 2.13. The van der Waals surface area contributed by atoms with Crippen LogP contribution in [0.1, 0.15) is 19.8 Å². The van der Waals surface area contributed by atoms with Crippen LogP contribution in [0.15, 0.2) is 0 Å². The molecule has 0 saturated carbocycles. The lowest BCUT2D eigenvalue weighted by molar-refractivity contribution is -0.137. The first-order chi connectivity index (χ1) is 8.99. The summed E-state index contributed by atoms with van der Waals surface area (Å²) in [5, 5.41) is 14.0. The number of nitrogens with zero attached hydrogens (tertiary/aromatic N) is 1. The number of carbonyl (C=O) groups is 2. The molecule has 0 aliphatic carbocycles. The Hall–Kier alpha value is -1.34. The number of methoxy groups -OCH3 is 1. The summed E-state index contributed by atoms with van der Waals surface area (Å²) >= 11 is 0. The minimum absolute atomic E-state index is 0.0579. The number of carboxylic acid groups (broad SMARTS) is 1. The molecule has 0 rings (SSSR count). The van der Waals surface area contributed by atoms with E-state index in [-0.39, 0.29) is 18.5 Å². The number of urea groups is 1. The predicted octanol–water partition coefficient (Wildman–Crippen LogP) is 0.117. The van der Waals surface area contributed by atoms with Gasteiger partial charge in [0.2, 0.25) is 0 Å². The highest BCUT2D eigenvalue weighted by molar-refractivity contribution is 5.75. The SMILES string of the molecule is CCC(CC(=O)O)NC(=O)NCCN(C)CCOC. The van der Waals surface area contributed by atoms with Gasteiger partial charge in [0.25, 0.3) is 0 Å². The number of nitrogens with one attached hydrogen (secondary N) is 2. The van der Waals surface area contributed by atoms with Gasteiger partial charge >= 0.3 is 12.0 Å². The maximum absolute atomic E-state index is 11.5. The molecule has 2 amide bonds. The van der Waals surface area contributed by atoms with Gasteiger partial charge in [0.05, 0.1) is 13.0 Å². The first-order valence-electron chi connectivity index (χ1n) is 6.43. The van der Waals surface area contributed by atoms with Gasteiger partial charge in [-0.05, 0) is 13.5 Å². The van der Waals surface area contributed by atoms with Gasteiger partial charge in [-0.2, -0.15) is 0 Å². The van der Waals surface area contributed by atoms with Gasteiger partial charge in [-0.1, -0.05) is 6.92 Å². The van der Waals surface area contributed by atoms with Crippen molar-refractivity contribution < 1.29 is 19.4 Å². The molecule has 0 spiro atoms. The zero-order valence-corrected chi connectivity index (χ0v) is 11.9. The minimum Gasteiger partial charge on any atom is -0.481 e. The third-order valence-electron chi connectivity index (χ3n) is 2.71. The topological polar surface area (TPSA) is 90.9 Å². The number of carbonyl (C=O) groups excluding carboxylic acids is 1. The lowest BCUT2D eigenvalue weighted by atomic mass is 10.1. The first kappa shape index (κ1) is 17.7. The second kappa shape index (κ2) is 10.6. The van der Waals surface area contributed by atoms with Crippen molar-refractivity contribution in [2.24, 2.45) is 0 Å². The third kappa shape index (κ3) is 10.3. The van der Waals surface area contributed by atoms with Crippen molar-refractivity contribution >= 4 is 12.0 Å². The molecule has 0 saturated heterocycles. The number of aliphatic carboxylic acids is 1. The Bertz CT molecular complexity index is 274. The molecule has 0 radical (unpaired) electrons. The summed E-state index contributed by atoms with van der Waals surface area (Å²) in [7, 11) is 3.59. The number of amides is 2. The van der Waals surface area contributed by atoms with Crippen molar-refractivity contribution in [3.05, 3.63) is 0 Å². The lowest BCUT2D eigenvalue weighted by Gasteiger charge is -2.18. The maximum atomic E-state index is 11.5. The van der Waals surface area contributed by atoms with Gasteiger partial charge in [0.15, 0.2) is 0 Å². The molecule has 0 aliphatic heterocycles. The van der Waals surface area contributed by atoms with Crippen LogP contribution in [0.5, 0.6) is 0 Å². The van der Waals surface area contributed by atoms with Crippen molar-refractivity contribution in [3.8, 4) is 0 Å². The van der Waals surface area contributed by atoms with E-state index in [9.17, 15) is 9.59 Å². The standard InChI is InChI=1S/C12H25N3O4/c1-4-10(9-11(16)17)14-12(18)13-5-6-15(2)7-8-19-3/h10H,4-9H2,1-3H3,(H,16,17)(H2,13,14,18). The van der Waals surface area contributed by atoms with Crippen molar-refractivity contribution in [1.29, 1.82) is 0 Å². The molecular formula is C12H25N3O4. The molecule has 0 heterocycles. The summed E-state index contributed by atoms with van der Waals surface area (Å²) < 4.78 is 4.95. The molecule has 1 unspecified atom stereocenters. The number of carboxylic acids is 1. The number of rotatable bonds is 10. The number of hydrogen-bond acceptors (Lipinski definition) is 4. The summed E-state index contributed by atoms with van der Waals surface area (Å²) in [6.07, 6.45) is 0.533. The normalized spacial score (nSPS) is 12.2. The molecular weight excluding hydrogens is 250 g/mol. The second-order valence-electron chi connectivity index (χ2n) is 4.40. The molecule has 1 atom stereocenters. The van der Waals surface area contributed by atoms with E-state index in [4.69, 9.17) is 9.84 Å². The largest absolute Gasteiger partial charge is 0.481 e. The van der Waals surface area contributed by atoms with E-state index in [0.717, 1.165) is 6.54 Å². The van der Waals surface area contributed by atoms with E-state index in [1.165, 1.54) is 0 Å². The Balaban J connectivity index is 3.76. The lowest BCUT2D eigenvalue weighted by Crippen LogP contribution is -2.45. The Morgan fingerprint density at radius 1 is 1.37 bits per heavy atom. The van der Waals surface area contributed by atoms with Crippen molar-refractivity contribution in [1.82, 2.24) is 15.5 Å².